The topological polar surface area (TPSA) is 125 Å². The highest BCUT2D eigenvalue weighted by atomic mass is 16.5. The first-order chi connectivity index (χ1) is 18.6. The molecular formula is C30H38N6O3. The third-order valence-electron chi connectivity index (χ3n) is 7.64. The number of aromatic nitrogens is 3. The van der Waals surface area contributed by atoms with Crippen molar-refractivity contribution in [2.75, 3.05) is 27.4 Å². The molecule has 1 saturated heterocycles. The Kier molecular flexibility index (Phi) is 7.24. The maximum atomic E-state index is 10.9. The van der Waals surface area contributed by atoms with Gasteiger partial charge in [0.2, 0.25) is 0 Å². The molecule has 1 aromatic carbocycles. The van der Waals surface area contributed by atoms with E-state index in [4.69, 9.17) is 31.0 Å². The van der Waals surface area contributed by atoms with E-state index in [1.807, 2.05) is 43.6 Å². The minimum Gasteiger partial charge on any atom is -0.495 e. The van der Waals surface area contributed by atoms with Gasteiger partial charge in [-0.1, -0.05) is 12.1 Å². The monoisotopic (exact) mass is 530 g/mol. The number of hydrogen-bond donors (Lipinski definition) is 3. The first-order valence-electron chi connectivity index (χ1n) is 13.3. The minimum atomic E-state index is -1.01. The molecule has 0 bridgehead atoms. The summed E-state index contributed by atoms with van der Waals surface area (Å²) in [5.74, 6) is 7.16. The van der Waals surface area contributed by atoms with Crippen molar-refractivity contribution >= 4 is 27.6 Å². The fourth-order valence-electron chi connectivity index (χ4n) is 5.81. The molecule has 5 rings (SSSR count). The summed E-state index contributed by atoms with van der Waals surface area (Å²) in [5.41, 5.74) is 11.8. The van der Waals surface area contributed by atoms with Gasteiger partial charge in [-0.15, -0.1) is 0 Å². The van der Waals surface area contributed by atoms with Crippen LogP contribution in [0.5, 0.6) is 5.75 Å². The molecule has 1 aliphatic rings. The standard InChI is InChI=1S/C30H38N6O3/c1-18(31)28(35(4)32)20-15-24-26(34-17-20)22-9-8-21(30(2,3)37)16-23(22)36(24)29(19-10-13-39-14-11-19)27-25(38-5)7-6-12-33-27/h6-9,12,15-17,19,29,37H,10-11,13-14,31-32H2,1-5H3/b28-18-. The summed E-state index contributed by atoms with van der Waals surface area (Å²) < 4.78 is 13.9. The Morgan fingerprint density at radius 2 is 1.92 bits per heavy atom. The number of pyridine rings is 2. The van der Waals surface area contributed by atoms with Crippen molar-refractivity contribution in [1.82, 2.24) is 19.5 Å². The second kappa shape index (κ2) is 10.5. The van der Waals surface area contributed by atoms with E-state index in [0.717, 1.165) is 57.3 Å². The molecule has 4 heterocycles. The van der Waals surface area contributed by atoms with Crippen molar-refractivity contribution in [3.63, 3.8) is 0 Å². The number of methoxy groups -OCH3 is 1. The smallest absolute Gasteiger partial charge is 0.142 e. The lowest BCUT2D eigenvalue weighted by molar-refractivity contribution is 0.0544. The Bertz CT molecular complexity index is 1530. The summed E-state index contributed by atoms with van der Waals surface area (Å²) in [6.07, 6.45) is 5.38. The van der Waals surface area contributed by atoms with Gasteiger partial charge in [0.1, 0.15) is 11.4 Å². The van der Waals surface area contributed by atoms with Gasteiger partial charge in [-0.3, -0.25) is 9.97 Å². The Morgan fingerprint density at radius 3 is 2.56 bits per heavy atom. The van der Waals surface area contributed by atoms with Crippen LogP contribution in [0.4, 0.5) is 0 Å². The lowest BCUT2D eigenvalue weighted by atomic mass is 9.88. The fourth-order valence-corrected chi connectivity index (χ4v) is 5.81. The van der Waals surface area contributed by atoms with Gasteiger partial charge in [-0.2, -0.15) is 0 Å². The van der Waals surface area contributed by atoms with Crippen LogP contribution >= 0.6 is 0 Å². The maximum absolute atomic E-state index is 10.9. The molecule has 1 aliphatic heterocycles. The number of nitrogens with zero attached hydrogens (tertiary/aromatic N) is 4. The van der Waals surface area contributed by atoms with Crippen LogP contribution in [0.25, 0.3) is 27.6 Å². The van der Waals surface area contributed by atoms with Crippen LogP contribution in [0.1, 0.15) is 56.5 Å². The molecule has 5 N–H and O–H groups in total. The molecule has 0 radical (unpaired) electrons. The highest BCUT2D eigenvalue weighted by Crippen LogP contribution is 2.43. The third kappa shape index (κ3) is 4.93. The summed E-state index contributed by atoms with van der Waals surface area (Å²) >= 11 is 0. The molecule has 1 atom stereocenters. The molecule has 3 aromatic heterocycles. The van der Waals surface area contributed by atoms with Gasteiger partial charge in [-0.25, -0.2) is 5.84 Å². The van der Waals surface area contributed by atoms with E-state index in [1.54, 1.807) is 28.0 Å². The summed E-state index contributed by atoms with van der Waals surface area (Å²) in [7, 11) is 3.45. The normalized spacial score (nSPS) is 16.4. The number of rotatable bonds is 7. The zero-order valence-electron chi connectivity index (χ0n) is 23.3. The summed E-state index contributed by atoms with van der Waals surface area (Å²) in [4.78, 5) is 9.81. The maximum Gasteiger partial charge on any atom is 0.142 e. The van der Waals surface area contributed by atoms with E-state index in [-0.39, 0.29) is 12.0 Å². The van der Waals surface area contributed by atoms with Crippen molar-refractivity contribution in [2.24, 2.45) is 17.5 Å². The van der Waals surface area contributed by atoms with E-state index < -0.39 is 5.60 Å². The van der Waals surface area contributed by atoms with Crippen LogP contribution in [-0.2, 0) is 10.3 Å². The van der Waals surface area contributed by atoms with Gasteiger partial charge in [0.05, 0.1) is 41.0 Å². The fraction of sp³-hybridized carbons (Fsp3) is 0.400. The van der Waals surface area contributed by atoms with Crippen LogP contribution < -0.4 is 16.3 Å². The SMILES string of the molecule is COc1cccnc1C(C1CCOCC1)n1c2cc(C(C)(C)O)ccc2c2ncc(/C(=C(\C)N)N(C)N)cc21. The summed E-state index contributed by atoms with van der Waals surface area (Å²) in [6, 6.07) is 11.9. The van der Waals surface area contributed by atoms with Crippen molar-refractivity contribution in [2.45, 2.75) is 45.3 Å². The Balaban J connectivity index is 1.90. The van der Waals surface area contributed by atoms with Crippen LogP contribution in [0, 0.1) is 5.92 Å². The van der Waals surface area contributed by atoms with E-state index in [1.165, 1.54) is 5.01 Å². The number of hydrazine groups is 1. The van der Waals surface area contributed by atoms with E-state index >= 15 is 0 Å². The van der Waals surface area contributed by atoms with Crippen LogP contribution in [-0.4, -0.2) is 52.0 Å². The van der Waals surface area contributed by atoms with Crippen LogP contribution in [0.2, 0.25) is 0 Å². The van der Waals surface area contributed by atoms with Gasteiger partial charge in [-0.05, 0) is 69.4 Å². The number of benzene rings is 1. The van der Waals surface area contributed by atoms with E-state index in [2.05, 4.69) is 16.7 Å². The molecule has 4 aromatic rings. The predicted octanol–water partition coefficient (Wildman–Crippen LogP) is 4.29. The van der Waals surface area contributed by atoms with E-state index in [0.29, 0.717) is 24.6 Å². The van der Waals surface area contributed by atoms with Gasteiger partial charge >= 0.3 is 0 Å². The van der Waals surface area contributed by atoms with Crippen molar-refractivity contribution in [3.05, 3.63) is 71.3 Å². The summed E-state index contributed by atoms with van der Waals surface area (Å²) in [6.45, 7) is 6.80. The second-order valence-corrected chi connectivity index (χ2v) is 10.9. The van der Waals surface area contributed by atoms with E-state index in [9.17, 15) is 5.11 Å². The third-order valence-corrected chi connectivity index (χ3v) is 7.64. The average molecular weight is 531 g/mol. The number of fused-ring (bicyclic) bond motifs is 3. The lowest BCUT2D eigenvalue weighted by Crippen LogP contribution is -2.28. The molecule has 1 fully saturated rings. The molecule has 1 unspecified atom stereocenters. The molecule has 0 spiro atoms. The molecule has 39 heavy (non-hydrogen) atoms. The molecule has 206 valence electrons. The molecular weight excluding hydrogens is 492 g/mol. The van der Waals surface area contributed by atoms with Gasteiger partial charge in [0, 0.05) is 49.3 Å². The largest absolute Gasteiger partial charge is 0.495 e. The molecule has 0 amide bonds. The quantitative estimate of drug-likeness (QED) is 0.239. The zero-order chi connectivity index (χ0) is 27.9. The van der Waals surface area contributed by atoms with Gasteiger partial charge in [0.25, 0.3) is 0 Å². The predicted molar refractivity (Wildman–Crippen MR) is 154 cm³/mol. The number of aliphatic hydroxyl groups is 1. The average Bonchev–Trinajstić information content (AvgIpc) is 3.22. The van der Waals surface area contributed by atoms with Gasteiger partial charge in [0.15, 0.2) is 0 Å². The summed E-state index contributed by atoms with van der Waals surface area (Å²) in [5, 5.41) is 13.4. The van der Waals surface area contributed by atoms with Crippen molar-refractivity contribution in [1.29, 1.82) is 0 Å². The first kappa shape index (κ1) is 26.9. The molecule has 9 nitrogen and oxygen atoms in total. The first-order valence-corrected chi connectivity index (χ1v) is 13.3. The van der Waals surface area contributed by atoms with Crippen molar-refractivity contribution < 1.29 is 14.6 Å². The highest BCUT2D eigenvalue weighted by molar-refractivity contribution is 6.06. The Hall–Kier alpha value is -3.66. The minimum absolute atomic E-state index is 0.166. The lowest BCUT2D eigenvalue weighted by Gasteiger charge is -2.33. The number of ether oxygens (including phenoxy) is 2. The number of nitrogens with two attached hydrogens (primary N) is 2. The Morgan fingerprint density at radius 1 is 1.18 bits per heavy atom. The highest BCUT2D eigenvalue weighted by Gasteiger charge is 2.33. The number of allylic oxidation sites excluding steroid dienone is 1. The zero-order valence-corrected chi connectivity index (χ0v) is 23.3. The van der Waals surface area contributed by atoms with Gasteiger partial charge < -0.3 is 29.9 Å². The number of hydrogen-bond acceptors (Lipinski definition) is 8. The second-order valence-electron chi connectivity index (χ2n) is 10.9. The molecule has 0 saturated carbocycles. The van der Waals surface area contributed by atoms with Crippen LogP contribution in [0.3, 0.4) is 0 Å². The molecule has 0 aliphatic carbocycles. The molecule has 9 heteroatoms. The Labute approximate surface area is 229 Å². The van der Waals surface area contributed by atoms with Crippen molar-refractivity contribution in [3.8, 4) is 5.75 Å². The van der Waals surface area contributed by atoms with Crippen LogP contribution in [0.15, 0.2) is 54.5 Å².